The summed E-state index contributed by atoms with van der Waals surface area (Å²) in [6.45, 7) is 4.24. The molecule has 0 saturated heterocycles. The van der Waals surface area contributed by atoms with Gasteiger partial charge >= 0.3 is 12.0 Å². The number of carboxylic acid groups (broad SMARTS) is 1. The number of carboxylic acids is 1. The number of aliphatic carboxylic acids is 1. The molecule has 0 aliphatic carbocycles. The minimum absolute atomic E-state index is 0.0669. The highest BCUT2D eigenvalue weighted by Gasteiger charge is 2.21. The zero-order valence-electron chi connectivity index (χ0n) is 20.1. The number of methoxy groups -OCH3 is 1. The van der Waals surface area contributed by atoms with Gasteiger partial charge in [-0.3, -0.25) is 9.59 Å². The summed E-state index contributed by atoms with van der Waals surface area (Å²) in [5.41, 5.74) is 5.83. The summed E-state index contributed by atoms with van der Waals surface area (Å²) in [6, 6.07) is 20.0. The summed E-state index contributed by atoms with van der Waals surface area (Å²) in [7, 11) is 1.50. The Morgan fingerprint density at radius 1 is 0.886 bits per heavy atom. The molecule has 2 amide bonds. The average Bonchev–Trinajstić information content (AvgIpc) is 2.84. The Morgan fingerprint density at radius 2 is 1.51 bits per heavy atom. The number of rotatable bonds is 10. The van der Waals surface area contributed by atoms with Gasteiger partial charge in [0.25, 0.3) is 0 Å². The van der Waals surface area contributed by atoms with Crippen molar-refractivity contribution in [3.05, 3.63) is 83.4 Å². The van der Waals surface area contributed by atoms with Gasteiger partial charge in [0, 0.05) is 37.1 Å². The standard InChI is InChI=1S/C28H30N2O5/c1-18-4-13-25(19(2)16-18)30-28(34)29-24-11-9-21(10-12-24)20-5-7-22(8-6-20)26(31)17-23(27(32)33)14-15-35-3/h4-13,16,23H,14-15,17H2,1-3H3,(H,32,33)(H2,29,30,34). The third-order valence-corrected chi connectivity index (χ3v) is 5.76. The first-order valence-electron chi connectivity index (χ1n) is 11.4. The molecule has 0 fully saturated rings. The van der Waals surface area contributed by atoms with Gasteiger partial charge in [0.05, 0.1) is 5.92 Å². The highest BCUT2D eigenvalue weighted by Crippen LogP contribution is 2.24. The maximum absolute atomic E-state index is 12.5. The van der Waals surface area contributed by atoms with E-state index in [2.05, 4.69) is 10.6 Å². The number of carbonyl (C=O) groups excluding carboxylic acids is 2. The van der Waals surface area contributed by atoms with Crippen LogP contribution in [0.25, 0.3) is 11.1 Å². The van der Waals surface area contributed by atoms with E-state index in [-0.39, 0.29) is 18.2 Å². The molecule has 3 N–H and O–H groups in total. The number of ether oxygens (including phenoxy) is 1. The molecule has 0 heterocycles. The van der Waals surface area contributed by atoms with Crippen molar-refractivity contribution >= 4 is 29.2 Å². The summed E-state index contributed by atoms with van der Waals surface area (Å²) in [5, 5.41) is 15.0. The van der Waals surface area contributed by atoms with Crippen molar-refractivity contribution < 1.29 is 24.2 Å². The van der Waals surface area contributed by atoms with Crippen LogP contribution in [0.3, 0.4) is 0 Å². The molecule has 3 rings (SSSR count). The van der Waals surface area contributed by atoms with Crippen molar-refractivity contribution in [1.29, 1.82) is 0 Å². The Kier molecular flexibility index (Phi) is 8.75. The molecular weight excluding hydrogens is 444 g/mol. The number of aryl methyl sites for hydroxylation is 2. The predicted molar refractivity (Wildman–Crippen MR) is 137 cm³/mol. The molecule has 1 atom stereocenters. The van der Waals surface area contributed by atoms with Crippen molar-refractivity contribution in [3.63, 3.8) is 0 Å². The first kappa shape index (κ1) is 25.6. The normalized spacial score (nSPS) is 11.5. The van der Waals surface area contributed by atoms with Gasteiger partial charge in [0.1, 0.15) is 0 Å². The van der Waals surface area contributed by atoms with E-state index in [0.717, 1.165) is 27.9 Å². The van der Waals surface area contributed by atoms with Crippen LogP contribution in [0.5, 0.6) is 0 Å². The topological polar surface area (TPSA) is 105 Å². The molecule has 3 aromatic carbocycles. The fraction of sp³-hybridized carbons (Fsp3) is 0.250. The minimum atomic E-state index is -0.997. The Balaban J connectivity index is 1.60. The van der Waals surface area contributed by atoms with Crippen LogP contribution in [0, 0.1) is 19.8 Å². The Hall–Kier alpha value is -3.97. The quantitative estimate of drug-likeness (QED) is 0.316. The molecule has 35 heavy (non-hydrogen) atoms. The Bertz CT molecular complexity index is 1190. The molecule has 0 bridgehead atoms. The molecule has 0 aliphatic rings. The van der Waals surface area contributed by atoms with Gasteiger partial charge in [0.2, 0.25) is 0 Å². The maximum Gasteiger partial charge on any atom is 0.323 e. The number of hydrogen-bond acceptors (Lipinski definition) is 4. The number of urea groups is 1. The van der Waals surface area contributed by atoms with Gasteiger partial charge in [-0.25, -0.2) is 4.79 Å². The van der Waals surface area contributed by atoms with E-state index in [4.69, 9.17) is 4.74 Å². The Morgan fingerprint density at radius 3 is 2.09 bits per heavy atom. The lowest BCUT2D eigenvalue weighted by atomic mass is 9.94. The molecule has 7 nitrogen and oxygen atoms in total. The van der Waals surface area contributed by atoms with Crippen LogP contribution < -0.4 is 10.6 Å². The molecule has 0 aliphatic heterocycles. The summed E-state index contributed by atoms with van der Waals surface area (Å²) >= 11 is 0. The van der Waals surface area contributed by atoms with E-state index in [1.54, 1.807) is 12.1 Å². The van der Waals surface area contributed by atoms with E-state index < -0.39 is 11.9 Å². The molecule has 0 saturated carbocycles. The number of amides is 2. The average molecular weight is 475 g/mol. The van der Waals surface area contributed by atoms with Crippen LogP contribution in [-0.2, 0) is 9.53 Å². The second-order valence-corrected chi connectivity index (χ2v) is 8.50. The molecule has 3 aromatic rings. The van der Waals surface area contributed by atoms with Crippen molar-refractivity contribution in [2.75, 3.05) is 24.4 Å². The number of nitrogens with one attached hydrogen (secondary N) is 2. The summed E-state index contributed by atoms with van der Waals surface area (Å²) < 4.78 is 4.94. The van der Waals surface area contributed by atoms with E-state index in [1.807, 2.05) is 68.4 Å². The lowest BCUT2D eigenvalue weighted by Crippen LogP contribution is -2.20. The molecule has 1 unspecified atom stereocenters. The molecule has 0 radical (unpaired) electrons. The maximum atomic E-state index is 12.5. The van der Waals surface area contributed by atoms with Gasteiger partial charge < -0.3 is 20.5 Å². The van der Waals surface area contributed by atoms with Crippen LogP contribution in [0.4, 0.5) is 16.2 Å². The number of Topliss-reactive ketones (excluding diaryl/α,β-unsaturated/α-hetero) is 1. The fourth-order valence-corrected chi connectivity index (χ4v) is 3.75. The number of hydrogen-bond donors (Lipinski definition) is 3. The molecule has 0 spiro atoms. The van der Waals surface area contributed by atoms with Crippen molar-refractivity contribution in [1.82, 2.24) is 0 Å². The number of ketones is 1. The zero-order chi connectivity index (χ0) is 25.4. The van der Waals surface area contributed by atoms with Crippen LogP contribution in [0.2, 0.25) is 0 Å². The number of carbonyl (C=O) groups is 3. The van der Waals surface area contributed by atoms with Gasteiger partial charge in [-0.15, -0.1) is 0 Å². The fourth-order valence-electron chi connectivity index (χ4n) is 3.75. The second-order valence-electron chi connectivity index (χ2n) is 8.50. The summed E-state index contributed by atoms with van der Waals surface area (Å²) in [5.74, 6) is -1.98. The highest BCUT2D eigenvalue weighted by molar-refractivity contribution is 6.00. The first-order chi connectivity index (χ1) is 16.8. The third kappa shape index (κ3) is 7.25. The Labute approximate surface area is 205 Å². The lowest BCUT2D eigenvalue weighted by Gasteiger charge is -2.12. The van der Waals surface area contributed by atoms with Gasteiger partial charge in [-0.2, -0.15) is 0 Å². The summed E-state index contributed by atoms with van der Waals surface area (Å²) in [6.07, 6.45) is 0.223. The number of benzene rings is 3. The molecule has 0 aromatic heterocycles. The van der Waals surface area contributed by atoms with Crippen molar-refractivity contribution in [2.24, 2.45) is 5.92 Å². The molecule has 7 heteroatoms. The van der Waals surface area contributed by atoms with Gasteiger partial charge in [0.15, 0.2) is 5.78 Å². The smallest absolute Gasteiger partial charge is 0.323 e. The highest BCUT2D eigenvalue weighted by atomic mass is 16.5. The van der Waals surface area contributed by atoms with Gasteiger partial charge in [-0.1, -0.05) is 54.1 Å². The first-order valence-corrected chi connectivity index (χ1v) is 11.4. The van der Waals surface area contributed by atoms with Crippen LogP contribution in [-0.4, -0.2) is 36.6 Å². The second kappa shape index (κ2) is 11.9. The molecule has 182 valence electrons. The van der Waals surface area contributed by atoms with Crippen molar-refractivity contribution in [3.8, 4) is 11.1 Å². The SMILES string of the molecule is COCCC(CC(=O)c1ccc(-c2ccc(NC(=O)Nc3ccc(C)cc3C)cc2)cc1)C(=O)O. The summed E-state index contributed by atoms with van der Waals surface area (Å²) in [4.78, 5) is 36.3. The van der Waals surface area contributed by atoms with Crippen LogP contribution in [0.1, 0.15) is 34.3 Å². The number of anilines is 2. The van der Waals surface area contributed by atoms with Gasteiger partial charge in [-0.05, 0) is 55.2 Å². The minimum Gasteiger partial charge on any atom is -0.481 e. The van der Waals surface area contributed by atoms with Crippen molar-refractivity contribution in [2.45, 2.75) is 26.7 Å². The lowest BCUT2D eigenvalue weighted by molar-refractivity contribution is -0.142. The monoisotopic (exact) mass is 474 g/mol. The van der Waals surface area contributed by atoms with Crippen LogP contribution >= 0.6 is 0 Å². The van der Waals surface area contributed by atoms with E-state index in [0.29, 0.717) is 24.3 Å². The van der Waals surface area contributed by atoms with E-state index in [1.165, 1.54) is 7.11 Å². The largest absolute Gasteiger partial charge is 0.481 e. The van der Waals surface area contributed by atoms with E-state index >= 15 is 0 Å². The zero-order valence-corrected chi connectivity index (χ0v) is 20.1. The predicted octanol–water partition coefficient (Wildman–Crippen LogP) is 5.92. The third-order valence-electron chi connectivity index (χ3n) is 5.76. The molecular formula is C28H30N2O5. The van der Waals surface area contributed by atoms with E-state index in [9.17, 15) is 19.5 Å². The van der Waals surface area contributed by atoms with Crippen LogP contribution in [0.15, 0.2) is 66.7 Å².